The van der Waals surface area contributed by atoms with Gasteiger partial charge in [-0.1, -0.05) is 37.1 Å². The van der Waals surface area contributed by atoms with E-state index in [-0.39, 0.29) is 4.90 Å². The van der Waals surface area contributed by atoms with Crippen LogP contribution in [0, 0.1) is 0 Å². The molecule has 0 saturated heterocycles. The average Bonchev–Trinajstić information content (AvgIpc) is 3.33. The van der Waals surface area contributed by atoms with Gasteiger partial charge in [-0.25, -0.2) is 8.42 Å². The highest BCUT2D eigenvalue weighted by molar-refractivity contribution is 7.93. The normalized spacial score (nSPS) is 16.6. The van der Waals surface area contributed by atoms with Crippen molar-refractivity contribution in [3.05, 3.63) is 48.5 Å². The van der Waals surface area contributed by atoms with Gasteiger partial charge in [0, 0.05) is 0 Å². The fourth-order valence-electron chi connectivity index (χ4n) is 3.53. The Balaban J connectivity index is 1.75. The molecular weight excluding hydrogens is 370 g/mol. The molecule has 8 heteroatoms. The predicted octanol–water partition coefficient (Wildman–Crippen LogP) is 3.42. The van der Waals surface area contributed by atoms with E-state index in [1.54, 1.807) is 48.5 Å². The maximum absolute atomic E-state index is 13.3. The number of aromatic nitrogens is 2. The summed E-state index contributed by atoms with van der Waals surface area (Å²) >= 11 is 1.06. The zero-order valence-corrected chi connectivity index (χ0v) is 15.5. The summed E-state index contributed by atoms with van der Waals surface area (Å²) in [6.45, 7) is 0. The number of carbonyl (C=O) groups is 1. The van der Waals surface area contributed by atoms with Crippen molar-refractivity contribution in [1.29, 1.82) is 0 Å². The van der Waals surface area contributed by atoms with Gasteiger partial charge in [-0.2, -0.15) is 8.75 Å². The van der Waals surface area contributed by atoms with E-state index in [1.807, 2.05) is 0 Å². The van der Waals surface area contributed by atoms with Crippen LogP contribution in [-0.2, 0) is 14.6 Å². The summed E-state index contributed by atoms with van der Waals surface area (Å²) in [5.74, 6) is -0.487. The molecule has 1 aliphatic carbocycles. The standard InChI is InChI=1S/C18H17N3O3S2/c22-17(19-14-9-6-10-15-16(14)21-25-20-15)18(11-4-5-12-18)26(23,24)13-7-2-1-3-8-13/h1-3,6-10H,4-5,11-12H2,(H,19,22). The lowest BCUT2D eigenvalue weighted by Gasteiger charge is -2.27. The lowest BCUT2D eigenvalue weighted by molar-refractivity contribution is -0.118. The molecule has 1 amide bonds. The lowest BCUT2D eigenvalue weighted by Crippen LogP contribution is -2.47. The molecule has 3 aromatic rings. The quantitative estimate of drug-likeness (QED) is 0.741. The van der Waals surface area contributed by atoms with Gasteiger partial charge in [0.05, 0.1) is 22.3 Å². The minimum Gasteiger partial charge on any atom is -0.323 e. The molecule has 0 radical (unpaired) electrons. The number of sulfone groups is 1. The second-order valence-electron chi connectivity index (χ2n) is 6.41. The summed E-state index contributed by atoms with van der Waals surface area (Å²) in [4.78, 5) is 13.4. The Bertz CT molecular complexity index is 1060. The summed E-state index contributed by atoms with van der Waals surface area (Å²) < 4.78 is 33.6. The second kappa shape index (κ2) is 6.44. The Labute approximate surface area is 155 Å². The Morgan fingerprint density at radius 3 is 2.46 bits per heavy atom. The number of carbonyl (C=O) groups excluding carboxylic acids is 1. The summed E-state index contributed by atoms with van der Waals surface area (Å²) in [6, 6.07) is 13.5. The number of nitrogens with one attached hydrogen (secondary N) is 1. The van der Waals surface area contributed by atoms with Gasteiger partial charge in [0.15, 0.2) is 14.6 Å². The molecule has 0 spiro atoms. The van der Waals surface area contributed by atoms with Gasteiger partial charge >= 0.3 is 0 Å². The maximum Gasteiger partial charge on any atom is 0.246 e. The molecule has 1 aliphatic rings. The summed E-state index contributed by atoms with van der Waals surface area (Å²) in [5, 5.41) is 2.82. The van der Waals surface area contributed by atoms with Crippen molar-refractivity contribution in [3.63, 3.8) is 0 Å². The van der Waals surface area contributed by atoms with Crippen LogP contribution in [0.1, 0.15) is 25.7 Å². The molecule has 0 atom stereocenters. The number of hydrogen-bond acceptors (Lipinski definition) is 6. The summed E-state index contributed by atoms with van der Waals surface area (Å²) in [6.07, 6.45) is 2.06. The number of fused-ring (bicyclic) bond motifs is 1. The van der Waals surface area contributed by atoms with Crippen LogP contribution in [0.15, 0.2) is 53.4 Å². The van der Waals surface area contributed by atoms with Crippen molar-refractivity contribution in [2.24, 2.45) is 0 Å². The third kappa shape index (κ3) is 2.60. The van der Waals surface area contributed by atoms with E-state index in [4.69, 9.17) is 0 Å². The minimum absolute atomic E-state index is 0.186. The first kappa shape index (κ1) is 17.1. The molecule has 0 unspecified atom stereocenters. The summed E-state index contributed by atoms with van der Waals surface area (Å²) in [5.41, 5.74) is 1.76. The second-order valence-corrected chi connectivity index (χ2v) is 9.20. The van der Waals surface area contributed by atoms with Crippen LogP contribution in [0.5, 0.6) is 0 Å². The Morgan fingerprint density at radius 2 is 1.73 bits per heavy atom. The first-order valence-electron chi connectivity index (χ1n) is 8.37. The van der Waals surface area contributed by atoms with Crippen LogP contribution in [0.3, 0.4) is 0 Å². The molecule has 4 rings (SSSR count). The zero-order valence-electron chi connectivity index (χ0n) is 13.9. The largest absolute Gasteiger partial charge is 0.323 e. The van der Waals surface area contributed by atoms with Gasteiger partial charge in [0.1, 0.15) is 11.0 Å². The van der Waals surface area contributed by atoms with Crippen LogP contribution in [0.4, 0.5) is 5.69 Å². The fraction of sp³-hybridized carbons (Fsp3) is 0.278. The van der Waals surface area contributed by atoms with E-state index in [0.717, 1.165) is 11.7 Å². The number of rotatable bonds is 4. The van der Waals surface area contributed by atoms with Gasteiger partial charge in [-0.05, 0) is 37.1 Å². The van der Waals surface area contributed by atoms with Crippen molar-refractivity contribution < 1.29 is 13.2 Å². The topological polar surface area (TPSA) is 89.0 Å². The number of anilines is 1. The molecule has 1 fully saturated rings. The van der Waals surface area contributed by atoms with Crippen molar-refractivity contribution in [3.8, 4) is 0 Å². The van der Waals surface area contributed by atoms with Gasteiger partial charge in [-0.3, -0.25) is 4.79 Å². The van der Waals surface area contributed by atoms with Crippen LogP contribution >= 0.6 is 11.7 Å². The highest BCUT2D eigenvalue weighted by Gasteiger charge is 2.53. The number of benzene rings is 2. The maximum atomic E-state index is 13.3. The van der Waals surface area contributed by atoms with E-state index in [9.17, 15) is 13.2 Å². The van der Waals surface area contributed by atoms with Crippen molar-refractivity contribution in [1.82, 2.24) is 8.75 Å². The van der Waals surface area contributed by atoms with Crippen molar-refractivity contribution >= 4 is 44.2 Å². The molecule has 1 aromatic heterocycles. The van der Waals surface area contributed by atoms with Crippen molar-refractivity contribution in [2.45, 2.75) is 35.3 Å². The smallest absolute Gasteiger partial charge is 0.246 e. The van der Waals surface area contributed by atoms with E-state index < -0.39 is 20.5 Å². The van der Waals surface area contributed by atoms with Crippen LogP contribution in [0.2, 0.25) is 0 Å². The Kier molecular flexibility index (Phi) is 4.24. The highest BCUT2D eigenvalue weighted by atomic mass is 32.2. The molecule has 134 valence electrons. The number of amides is 1. The van der Waals surface area contributed by atoms with Crippen LogP contribution < -0.4 is 5.32 Å². The van der Waals surface area contributed by atoms with Crippen molar-refractivity contribution in [2.75, 3.05) is 5.32 Å². The van der Waals surface area contributed by atoms with E-state index in [1.165, 1.54) is 0 Å². The zero-order chi connectivity index (χ0) is 18.2. The summed E-state index contributed by atoms with van der Waals surface area (Å²) in [7, 11) is -3.81. The molecule has 2 aromatic carbocycles. The molecule has 6 nitrogen and oxygen atoms in total. The third-order valence-corrected chi connectivity index (χ3v) is 7.98. The van der Waals surface area contributed by atoms with Gasteiger partial charge < -0.3 is 5.32 Å². The minimum atomic E-state index is -3.81. The predicted molar refractivity (Wildman–Crippen MR) is 101 cm³/mol. The Morgan fingerprint density at radius 1 is 1.00 bits per heavy atom. The molecule has 26 heavy (non-hydrogen) atoms. The molecule has 1 heterocycles. The van der Waals surface area contributed by atoms with Gasteiger partial charge in [-0.15, -0.1) is 0 Å². The third-order valence-electron chi connectivity index (χ3n) is 4.93. The SMILES string of the molecule is O=C(Nc1cccc2nsnc12)C1(S(=O)(=O)c2ccccc2)CCCC1. The lowest BCUT2D eigenvalue weighted by atomic mass is 10.1. The molecule has 1 saturated carbocycles. The van der Waals surface area contributed by atoms with E-state index in [0.29, 0.717) is 42.4 Å². The molecule has 0 aliphatic heterocycles. The molecular formula is C18H17N3O3S2. The fourth-order valence-corrected chi connectivity index (χ4v) is 6.17. The van der Waals surface area contributed by atoms with Crippen LogP contribution in [-0.4, -0.2) is 27.8 Å². The monoisotopic (exact) mass is 387 g/mol. The first-order chi connectivity index (χ1) is 12.5. The Hall–Kier alpha value is -2.32. The van der Waals surface area contributed by atoms with Gasteiger partial charge in [0.25, 0.3) is 0 Å². The van der Waals surface area contributed by atoms with E-state index >= 15 is 0 Å². The molecule has 1 N–H and O–H groups in total. The van der Waals surface area contributed by atoms with E-state index in [2.05, 4.69) is 14.1 Å². The molecule has 0 bridgehead atoms. The highest BCUT2D eigenvalue weighted by Crippen LogP contribution is 2.41. The number of hydrogen-bond donors (Lipinski definition) is 1. The number of nitrogens with zero attached hydrogens (tertiary/aromatic N) is 2. The first-order valence-corrected chi connectivity index (χ1v) is 10.6. The van der Waals surface area contributed by atoms with Gasteiger partial charge in [0.2, 0.25) is 5.91 Å². The van der Waals surface area contributed by atoms with Crippen LogP contribution in [0.25, 0.3) is 11.0 Å². The average molecular weight is 387 g/mol.